The maximum Gasteiger partial charge on any atom is 0.243 e. The van der Waals surface area contributed by atoms with Crippen LogP contribution in [0.5, 0.6) is 0 Å². The fourth-order valence-corrected chi connectivity index (χ4v) is 2.69. The molecule has 0 spiro atoms. The maximum atomic E-state index is 13.6. The third-order valence-electron chi connectivity index (χ3n) is 2.29. The zero-order chi connectivity index (χ0) is 13.9. The van der Waals surface area contributed by atoms with Crippen LogP contribution >= 0.6 is 11.6 Å². The van der Waals surface area contributed by atoms with Crippen molar-refractivity contribution in [2.45, 2.75) is 11.4 Å². The first-order valence-corrected chi connectivity index (χ1v) is 7.05. The number of hydrogen-bond donors (Lipinski definition) is 1. The van der Waals surface area contributed by atoms with Gasteiger partial charge in [-0.25, -0.2) is 27.5 Å². The Morgan fingerprint density at radius 2 is 2.11 bits per heavy atom. The summed E-state index contributed by atoms with van der Waals surface area (Å²) in [6.07, 6.45) is 2.78. The molecule has 2 rings (SSSR count). The molecule has 0 unspecified atom stereocenters. The van der Waals surface area contributed by atoms with E-state index in [0.29, 0.717) is 5.69 Å². The first-order chi connectivity index (χ1) is 9.00. The van der Waals surface area contributed by atoms with E-state index in [1.54, 1.807) is 6.07 Å². The van der Waals surface area contributed by atoms with Crippen LogP contribution in [0, 0.1) is 5.82 Å². The van der Waals surface area contributed by atoms with Gasteiger partial charge < -0.3 is 0 Å². The van der Waals surface area contributed by atoms with Gasteiger partial charge in [0.25, 0.3) is 0 Å². The highest BCUT2D eigenvalue weighted by molar-refractivity contribution is 7.89. The topological polar surface area (TPSA) is 72.0 Å². The van der Waals surface area contributed by atoms with Gasteiger partial charge in [0.2, 0.25) is 10.0 Å². The van der Waals surface area contributed by atoms with Crippen LogP contribution < -0.4 is 4.72 Å². The summed E-state index contributed by atoms with van der Waals surface area (Å²) in [7, 11) is -3.98. The van der Waals surface area contributed by atoms with Crippen molar-refractivity contribution in [3.63, 3.8) is 0 Å². The summed E-state index contributed by atoms with van der Waals surface area (Å²) in [5.41, 5.74) is 0.473. The lowest BCUT2D eigenvalue weighted by molar-refractivity contribution is 0.556. The average molecular weight is 302 g/mol. The SMILES string of the molecule is O=S(=O)(NCc1ccncn1)c1cccc(Cl)c1F. The number of benzene rings is 1. The van der Waals surface area contributed by atoms with Gasteiger partial charge in [0.1, 0.15) is 11.2 Å². The molecule has 0 radical (unpaired) electrons. The summed E-state index contributed by atoms with van der Waals surface area (Å²) < 4.78 is 39.7. The summed E-state index contributed by atoms with van der Waals surface area (Å²) in [6.45, 7) is -0.0587. The van der Waals surface area contributed by atoms with Gasteiger partial charge >= 0.3 is 0 Å². The van der Waals surface area contributed by atoms with E-state index in [1.807, 2.05) is 0 Å². The predicted molar refractivity (Wildman–Crippen MR) is 67.5 cm³/mol. The summed E-state index contributed by atoms with van der Waals surface area (Å²) in [6, 6.07) is 5.34. The fraction of sp³-hybridized carbons (Fsp3) is 0.0909. The summed E-state index contributed by atoms with van der Waals surface area (Å²) in [5, 5.41) is -0.245. The number of hydrogen-bond acceptors (Lipinski definition) is 4. The second-order valence-electron chi connectivity index (χ2n) is 3.58. The highest BCUT2D eigenvalue weighted by Gasteiger charge is 2.20. The number of rotatable bonds is 4. The third-order valence-corrected chi connectivity index (χ3v) is 4.00. The van der Waals surface area contributed by atoms with E-state index in [0.717, 1.165) is 6.07 Å². The van der Waals surface area contributed by atoms with Crippen molar-refractivity contribution in [1.29, 1.82) is 0 Å². The van der Waals surface area contributed by atoms with Gasteiger partial charge in [-0.05, 0) is 18.2 Å². The highest BCUT2D eigenvalue weighted by atomic mass is 35.5. The van der Waals surface area contributed by atoms with E-state index in [4.69, 9.17) is 11.6 Å². The normalized spacial score (nSPS) is 11.5. The molecule has 0 fully saturated rings. The molecule has 0 amide bonds. The largest absolute Gasteiger partial charge is 0.245 e. The Morgan fingerprint density at radius 1 is 1.32 bits per heavy atom. The Balaban J connectivity index is 2.22. The molecular weight excluding hydrogens is 293 g/mol. The van der Waals surface area contributed by atoms with Crippen LogP contribution in [-0.2, 0) is 16.6 Å². The second kappa shape index (κ2) is 5.60. The lowest BCUT2D eigenvalue weighted by Crippen LogP contribution is -2.24. The van der Waals surface area contributed by atoms with Crippen molar-refractivity contribution in [3.8, 4) is 0 Å². The first kappa shape index (κ1) is 13.9. The molecule has 0 saturated heterocycles. The van der Waals surface area contributed by atoms with Crippen molar-refractivity contribution in [2.24, 2.45) is 0 Å². The van der Waals surface area contributed by atoms with Gasteiger partial charge in [-0.2, -0.15) is 0 Å². The molecule has 0 aliphatic rings. The lowest BCUT2D eigenvalue weighted by atomic mass is 10.3. The van der Waals surface area contributed by atoms with Crippen LogP contribution in [-0.4, -0.2) is 18.4 Å². The van der Waals surface area contributed by atoms with Gasteiger partial charge in [0, 0.05) is 6.20 Å². The number of sulfonamides is 1. The minimum Gasteiger partial charge on any atom is -0.245 e. The van der Waals surface area contributed by atoms with Crippen LogP contribution in [0.2, 0.25) is 5.02 Å². The van der Waals surface area contributed by atoms with Crippen molar-refractivity contribution in [1.82, 2.24) is 14.7 Å². The first-order valence-electron chi connectivity index (χ1n) is 5.19. The highest BCUT2D eigenvalue weighted by Crippen LogP contribution is 2.21. The number of nitrogens with zero attached hydrogens (tertiary/aromatic N) is 2. The van der Waals surface area contributed by atoms with Crippen LogP contribution in [0.1, 0.15) is 5.69 Å². The Kier molecular flexibility index (Phi) is 4.08. The minimum absolute atomic E-state index is 0.0587. The molecule has 2 aromatic rings. The van der Waals surface area contributed by atoms with Gasteiger partial charge in [-0.15, -0.1) is 0 Å². The van der Waals surface area contributed by atoms with E-state index in [9.17, 15) is 12.8 Å². The molecule has 0 atom stereocenters. The third kappa shape index (κ3) is 3.25. The number of halogens is 2. The van der Waals surface area contributed by atoms with Gasteiger partial charge in [-0.1, -0.05) is 17.7 Å². The molecule has 0 aliphatic heterocycles. The standard InChI is InChI=1S/C11H9ClFN3O2S/c12-9-2-1-3-10(11(9)13)19(17,18)16-6-8-4-5-14-7-15-8/h1-5,7,16H,6H2. The smallest absolute Gasteiger partial charge is 0.243 e. The van der Waals surface area contributed by atoms with E-state index in [-0.39, 0.29) is 11.6 Å². The lowest BCUT2D eigenvalue weighted by Gasteiger charge is -2.07. The van der Waals surface area contributed by atoms with Crippen LogP contribution in [0.25, 0.3) is 0 Å². The van der Waals surface area contributed by atoms with Crippen LogP contribution in [0.3, 0.4) is 0 Å². The van der Waals surface area contributed by atoms with Gasteiger partial charge in [0.15, 0.2) is 5.82 Å². The maximum absolute atomic E-state index is 13.6. The number of nitrogens with one attached hydrogen (secondary N) is 1. The Hall–Kier alpha value is -1.57. The number of aromatic nitrogens is 2. The van der Waals surface area contributed by atoms with Crippen LogP contribution in [0.4, 0.5) is 4.39 Å². The van der Waals surface area contributed by atoms with E-state index < -0.39 is 20.7 Å². The zero-order valence-electron chi connectivity index (χ0n) is 9.55. The molecular formula is C11H9ClFN3O2S. The molecule has 0 bridgehead atoms. The fourth-order valence-electron chi connectivity index (χ4n) is 1.36. The summed E-state index contributed by atoms with van der Waals surface area (Å²) in [4.78, 5) is 7.07. The van der Waals surface area contributed by atoms with E-state index >= 15 is 0 Å². The summed E-state index contributed by atoms with van der Waals surface area (Å²) >= 11 is 5.55. The molecule has 100 valence electrons. The molecule has 1 aromatic heterocycles. The zero-order valence-corrected chi connectivity index (χ0v) is 11.1. The predicted octanol–water partition coefficient (Wildman–Crippen LogP) is 1.75. The van der Waals surface area contributed by atoms with Crippen molar-refractivity contribution in [3.05, 3.63) is 53.3 Å². The van der Waals surface area contributed by atoms with E-state index in [2.05, 4.69) is 14.7 Å². The van der Waals surface area contributed by atoms with Gasteiger partial charge in [0.05, 0.1) is 17.3 Å². The van der Waals surface area contributed by atoms with Crippen molar-refractivity contribution < 1.29 is 12.8 Å². The molecule has 1 heterocycles. The monoisotopic (exact) mass is 301 g/mol. The van der Waals surface area contributed by atoms with E-state index in [1.165, 1.54) is 24.7 Å². The Morgan fingerprint density at radius 3 is 2.79 bits per heavy atom. The molecule has 19 heavy (non-hydrogen) atoms. The molecule has 0 saturated carbocycles. The quantitative estimate of drug-likeness (QED) is 0.934. The molecule has 8 heteroatoms. The molecule has 0 aliphatic carbocycles. The van der Waals surface area contributed by atoms with Crippen LogP contribution in [0.15, 0.2) is 41.7 Å². The Bertz CT molecular complexity index is 680. The second-order valence-corrected chi connectivity index (χ2v) is 5.72. The Labute approximate surface area is 114 Å². The molecule has 1 aromatic carbocycles. The summed E-state index contributed by atoms with van der Waals surface area (Å²) in [5.74, 6) is -0.973. The van der Waals surface area contributed by atoms with Gasteiger partial charge in [-0.3, -0.25) is 0 Å². The van der Waals surface area contributed by atoms with Crippen molar-refractivity contribution >= 4 is 21.6 Å². The molecule has 5 nitrogen and oxygen atoms in total. The molecule has 1 N–H and O–H groups in total. The minimum atomic E-state index is -3.98. The average Bonchev–Trinajstić information content (AvgIpc) is 2.41. The van der Waals surface area contributed by atoms with Crippen molar-refractivity contribution in [2.75, 3.05) is 0 Å².